The smallest absolute Gasteiger partial charge is 0.412 e. The van der Waals surface area contributed by atoms with Crippen molar-refractivity contribution in [2.75, 3.05) is 13.1 Å². The number of nitrogens with one attached hydrogen (secondary N) is 1. The molecule has 0 aromatic rings. The van der Waals surface area contributed by atoms with Crippen molar-refractivity contribution in [3.63, 3.8) is 0 Å². The van der Waals surface area contributed by atoms with E-state index >= 15 is 0 Å². The fraction of sp³-hybridized carbons (Fsp3) is 0.895. The third-order valence-corrected chi connectivity index (χ3v) is 6.06. The van der Waals surface area contributed by atoms with Gasteiger partial charge in [-0.25, -0.2) is 4.79 Å². The van der Waals surface area contributed by atoms with Crippen molar-refractivity contribution in [3.8, 4) is 0 Å². The molecule has 0 spiro atoms. The number of carbonyl (C=O) groups is 2. The lowest BCUT2D eigenvalue weighted by Gasteiger charge is -2.47. The Morgan fingerprint density at radius 3 is 2.58 bits per heavy atom. The minimum absolute atomic E-state index is 0.0122. The summed E-state index contributed by atoms with van der Waals surface area (Å²) in [5, 5.41) is 2.95. The summed E-state index contributed by atoms with van der Waals surface area (Å²) in [5.74, 6) is 0.290. The fourth-order valence-corrected chi connectivity index (χ4v) is 5.59. The Bertz CT molecular complexity index is 520. The normalized spacial score (nSPS) is 29.3. The number of carbonyl (C=O) groups excluding carboxylic acids is 2. The summed E-state index contributed by atoms with van der Waals surface area (Å²) >= 11 is 0. The predicted octanol–water partition coefficient (Wildman–Crippen LogP) is 3.27. The van der Waals surface area contributed by atoms with E-state index in [-0.39, 0.29) is 23.8 Å². The summed E-state index contributed by atoms with van der Waals surface area (Å²) < 4.78 is 12.4. The van der Waals surface area contributed by atoms with E-state index in [1.165, 1.54) is 0 Å². The minimum Gasteiger partial charge on any atom is -0.444 e. The van der Waals surface area contributed by atoms with Crippen molar-refractivity contribution in [2.24, 2.45) is 11.8 Å². The molecule has 2 fully saturated rings. The zero-order valence-electron chi connectivity index (χ0n) is 17.3. The predicted molar refractivity (Wildman–Crippen MR) is 104 cm³/mol. The highest BCUT2D eigenvalue weighted by Crippen LogP contribution is 2.47. The van der Waals surface area contributed by atoms with Gasteiger partial charge >= 0.3 is 6.09 Å². The first-order valence-electron chi connectivity index (χ1n) is 10.0. The van der Waals surface area contributed by atoms with Gasteiger partial charge < -0.3 is 14.5 Å². The van der Waals surface area contributed by atoms with Crippen LogP contribution in [0.4, 0.5) is 4.79 Å². The van der Waals surface area contributed by atoms with Gasteiger partial charge in [0, 0.05) is 31.3 Å². The molecule has 0 aliphatic carbocycles. The second kappa shape index (κ2) is 8.29. The maximum atomic E-state index is 13.0. The zero-order chi connectivity index (χ0) is 19.5. The van der Waals surface area contributed by atoms with Gasteiger partial charge in [0.05, 0.1) is 0 Å². The summed E-state index contributed by atoms with van der Waals surface area (Å²) in [7, 11) is -1.46. The number of likely N-dealkylation sites (tertiary alicyclic amines) is 1. The van der Waals surface area contributed by atoms with Crippen LogP contribution in [0.25, 0.3) is 0 Å². The number of hydrogen-bond acceptors (Lipinski definition) is 4. The quantitative estimate of drug-likeness (QED) is 0.714. The molecule has 0 aromatic heterocycles. The molecule has 26 heavy (non-hydrogen) atoms. The van der Waals surface area contributed by atoms with E-state index in [4.69, 9.17) is 9.16 Å². The molecule has 2 amide bonds. The van der Waals surface area contributed by atoms with Crippen LogP contribution < -0.4 is 5.32 Å². The summed E-state index contributed by atoms with van der Waals surface area (Å²) in [5.41, 5.74) is -1.26. The first-order valence-corrected chi connectivity index (χ1v) is 12.8. The lowest BCUT2D eigenvalue weighted by atomic mass is 9.81. The van der Waals surface area contributed by atoms with Crippen molar-refractivity contribution >= 4 is 21.0 Å². The van der Waals surface area contributed by atoms with E-state index < -0.39 is 20.4 Å². The van der Waals surface area contributed by atoms with Crippen LogP contribution in [-0.2, 0) is 14.0 Å². The maximum absolute atomic E-state index is 13.0. The van der Waals surface area contributed by atoms with Crippen molar-refractivity contribution in [2.45, 2.75) is 84.2 Å². The average molecular weight is 385 g/mol. The molecule has 150 valence electrons. The summed E-state index contributed by atoms with van der Waals surface area (Å²) in [6, 6.07) is 0. The van der Waals surface area contributed by atoms with Crippen LogP contribution in [0, 0.1) is 11.8 Å². The van der Waals surface area contributed by atoms with Gasteiger partial charge in [-0.05, 0) is 46.7 Å². The minimum atomic E-state index is -1.46. The molecule has 2 rings (SSSR count). The summed E-state index contributed by atoms with van der Waals surface area (Å²) in [6.45, 7) is 13.3. The Morgan fingerprint density at radius 2 is 2.08 bits per heavy atom. The third kappa shape index (κ3) is 4.60. The Balaban J connectivity index is 2.40. The molecule has 0 radical (unpaired) electrons. The molecule has 2 aliphatic heterocycles. The maximum Gasteiger partial charge on any atom is 0.412 e. The van der Waals surface area contributed by atoms with E-state index in [0.717, 1.165) is 25.7 Å². The van der Waals surface area contributed by atoms with Crippen LogP contribution in [0.2, 0.25) is 13.1 Å². The first kappa shape index (κ1) is 21.2. The van der Waals surface area contributed by atoms with Crippen molar-refractivity contribution in [1.82, 2.24) is 10.2 Å². The molecule has 0 bridgehead atoms. The Kier molecular flexibility index (Phi) is 6.77. The molecule has 3 atom stereocenters. The van der Waals surface area contributed by atoms with Crippen LogP contribution in [0.3, 0.4) is 0 Å². The molecule has 2 aliphatic rings. The lowest BCUT2D eigenvalue weighted by Crippen LogP contribution is -2.60. The summed E-state index contributed by atoms with van der Waals surface area (Å²) in [4.78, 5) is 26.8. The molecule has 6 nitrogen and oxygen atoms in total. The second-order valence-corrected chi connectivity index (χ2v) is 11.2. The highest BCUT2D eigenvalue weighted by molar-refractivity contribution is 6.48. The molecule has 1 N–H and O–H groups in total. The van der Waals surface area contributed by atoms with Gasteiger partial charge in [-0.1, -0.05) is 19.8 Å². The van der Waals surface area contributed by atoms with Crippen molar-refractivity contribution < 1.29 is 18.8 Å². The lowest BCUT2D eigenvalue weighted by molar-refractivity contribution is -0.133. The van der Waals surface area contributed by atoms with E-state index in [1.54, 1.807) is 0 Å². The van der Waals surface area contributed by atoms with E-state index in [0.29, 0.717) is 19.5 Å². The molecule has 2 heterocycles. The van der Waals surface area contributed by atoms with Gasteiger partial charge in [0.1, 0.15) is 11.3 Å². The van der Waals surface area contributed by atoms with Crippen LogP contribution in [0.5, 0.6) is 0 Å². The number of nitrogens with zero attached hydrogens (tertiary/aromatic N) is 1. The van der Waals surface area contributed by atoms with E-state index in [2.05, 4.69) is 25.3 Å². The topological polar surface area (TPSA) is 67.9 Å². The van der Waals surface area contributed by atoms with E-state index in [1.807, 2.05) is 25.7 Å². The van der Waals surface area contributed by atoms with Crippen LogP contribution in [0.15, 0.2) is 0 Å². The number of hydrogen-bond donors (Lipinski definition) is 1. The molecular formula is C19H36N2O4Si. The molecule has 0 saturated carbocycles. The average Bonchev–Trinajstić information content (AvgIpc) is 3.07. The summed E-state index contributed by atoms with van der Waals surface area (Å²) in [6.07, 6.45) is 4.24. The number of unbranched alkanes of at least 4 members (excludes halogenated alkanes) is 1. The van der Waals surface area contributed by atoms with Gasteiger partial charge in [0.2, 0.25) is 5.91 Å². The molecular weight excluding hydrogens is 348 g/mol. The molecule has 0 aromatic carbocycles. The van der Waals surface area contributed by atoms with Crippen LogP contribution in [0.1, 0.15) is 59.8 Å². The largest absolute Gasteiger partial charge is 0.444 e. The van der Waals surface area contributed by atoms with Crippen LogP contribution in [-0.4, -0.2) is 50.4 Å². The number of amides is 2. The SMILES string of the molecule is CCCCC1CCN(C(=O)OC(C)(C)C)C1(O[SiH](C)C)C1CNC(=O)C1. The Morgan fingerprint density at radius 1 is 1.38 bits per heavy atom. The third-order valence-electron chi connectivity index (χ3n) is 5.21. The highest BCUT2D eigenvalue weighted by atomic mass is 28.3. The Hall–Kier alpha value is -1.08. The monoisotopic (exact) mass is 384 g/mol. The number of ether oxygens (including phenoxy) is 1. The van der Waals surface area contributed by atoms with E-state index in [9.17, 15) is 9.59 Å². The first-order chi connectivity index (χ1) is 12.1. The number of rotatable bonds is 6. The molecule has 2 saturated heterocycles. The standard InChI is InChI=1S/C19H36N2O4Si/c1-7-8-9-14-10-11-21(17(23)24-18(2,3)4)19(14,25-26(5)6)15-12-16(22)20-13-15/h14-15,26H,7-13H2,1-6H3,(H,20,22). The highest BCUT2D eigenvalue weighted by Gasteiger charge is 2.58. The van der Waals surface area contributed by atoms with Crippen molar-refractivity contribution in [1.29, 1.82) is 0 Å². The molecule has 3 unspecified atom stereocenters. The van der Waals surface area contributed by atoms with Gasteiger partial charge in [-0.2, -0.15) is 0 Å². The van der Waals surface area contributed by atoms with Gasteiger partial charge in [0.25, 0.3) is 0 Å². The van der Waals surface area contributed by atoms with Gasteiger partial charge in [-0.15, -0.1) is 0 Å². The fourth-order valence-electron chi connectivity index (χ4n) is 4.32. The van der Waals surface area contributed by atoms with Crippen molar-refractivity contribution in [3.05, 3.63) is 0 Å². The molecule has 7 heteroatoms. The van der Waals surface area contributed by atoms with Crippen LogP contribution >= 0.6 is 0 Å². The van der Waals surface area contributed by atoms with Gasteiger partial charge in [-0.3, -0.25) is 9.69 Å². The second-order valence-electron chi connectivity index (χ2n) is 8.88. The van der Waals surface area contributed by atoms with Gasteiger partial charge in [0.15, 0.2) is 9.04 Å². The Labute approximate surface area is 159 Å². The zero-order valence-corrected chi connectivity index (χ0v) is 18.4.